The third-order valence-corrected chi connectivity index (χ3v) is 14.2. The molecular formula is C60H40N2. The van der Waals surface area contributed by atoms with E-state index in [4.69, 9.17) is 0 Å². The van der Waals surface area contributed by atoms with E-state index in [0.717, 1.165) is 19.3 Å². The van der Waals surface area contributed by atoms with Gasteiger partial charge in [0.1, 0.15) is 0 Å². The van der Waals surface area contributed by atoms with Crippen molar-refractivity contribution in [2.75, 3.05) is 0 Å². The number of rotatable bonds is 4. The molecule has 0 N–H and O–H groups in total. The Morgan fingerprint density at radius 1 is 0.452 bits per heavy atom. The molecule has 0 saturated carbocycles. The molecule has 290 valence electrons. The fourth-order valence-corrected chi connectivity index (χ4v) is 11.4. The number of hydrogen-bond donors (Lipinski definition) is 0. The van der Waals surface area contributed by atoms with Gasteiger partial charge in [-0.05, 0) is 150 Å². The molecule has 14 rings (SSSR count). The minimum absolute atomic E-state index is 0.265. The molecule has 62 heavy (non-hydrogen) atoms. The van der Waals surface area contributed by atoms with Gasteiger partial charge in [-0.2, -0.15) is 0 Å². The predicted octanol–water partition coefficient (Wildman–Crippen LogP) is 14.2. The number of para-hydroxylation sites is 1. The average molecular weight is 789 g/mol. The maximum Gasteiger partial charge on any atom is 0.0566 e. The zero-order valence-corrected chi connectivity index (χ0v) is 34.1. The summed E-state index contributed by atoms with van der Waals surface area (Å²) in [5.74, 6) is 0. The standard InChI is InChI=1S/C60H40N2/c1-2-12-38-31-45(27-23-37(38)11-1)62-57-22-8-6-18-49(57)54-35-42(26-30-59(54)62)41-25-29-58-53(34-41)48-17-5-7-21-56(48)61(58)44-15-9-14-39(32-44)40-24-28-47-51-20-10-19-50-46-16-4-3-13-43(46)36-55(60(50)51)52(47)33-40/h1-6,8-20,22-26,28-36,45H,7,21,27H2. The summed E-state index contributed by atoms with van der Waals surface area (Å²) in [7, 11) is 0. The average Bonchev–Trinajstić information content (AvgIpc) is 3.97. The molecule has 11 aromatic rings. The fraction of sp³-hybridized carbons (Fsp3) is 0.0667. The Kier molecular flexibility index (Phi) is 7.10. The smallest absolute Gasteiger partial charge is 0.0566 e. The van der Waals surface area contributed by atoms with Crippen LogP contribution in [0.25, 0.3) is 123 Å². The van der Waals surface area contributed by atoms with E-state index >= 15 is 0 Å². The zero-order valence-electron chi connectivity index (χ0n) is 34.1. The molecule has 0 bridgehead atoms. The van der Waals surface area contributed by atoms with Crippen molar-refractivity contribution in [3.63, 3.8) is 0 Å². The van der Waals surface area contributed by atoms with Crippen molar-refractivity contribution in [3.05, 3.63) is 204 Å². The number of benzene rings is 9. The van der Waals surface area contributed by atoms with E-state index in [1.165, 1.54) is 126 Å². The lowest BCUT2D eigenvalue weighted by Gasteiger charge is -2.19. The van der Waals surface area contributed by atoms with Gasteiger partial charge in [0.2, 0.25) is 0 Å². The quantitative estimate of drug-likeness (QED) is 0.157. The van der Waals surface area contributed by atoms with Crippen LogP contribution in [0.3, 0.4) is 0 Å². The zero-order chi connectivity index (χ0) is 40.5. The highest BCUT2D eigenvalue weighted by Crippen LogP contribution is 2.50. The first-order chi connectivity index (χ1) is 30.7. The monoisotopic (exact) mass is 788 g/mol. The molecule has 0 amide bonds. The Labute approximate surface area is 359 Å². The lowest BCUT2D eigenvalue weighted by molar-refractivity contribution is 0.694. The number of fused-ring (bicyclic) bond motifs is 12. The summed E-state index contributed by atoms with van der Waals surface area (Å²) in [5, 5.41) is 11.9. The molecular weight excluding hydrogens is 749 g/mol. The Morgan fingerprint density at radius 2 is 1.18 bits per heavy atom. The van der Waals surface area contributed by atoms with Crippen LogP contribution < -0.4 is 10.4 Å². The normalized spacial score (nSPS) is 14.9. The molecule has 1 unspecified atom stereocenters. The number of hydrogen-bond acceptors (Lipinski definition) is 0. The van der Waals surface area contributed by atoms with E-state index in [1.807, 2.05) is 0 Å². The second-order valence-electron chi connectivity index (χ2n) is 17.5. The molecule has 0 spiro atoms. The van der Waals surface area contributed by atoms with E-state index in [-0.39, 0.29) is 6.04 Å². The minimum atomic E-state index is 0.265. The number of allylic oxidation sites excluding steroid dienone is 1. The van der Waals surface area contributed by atoms with Gasteiger partial charge >= 0.3 is 0 Å². The molecule has 3 aliphatic rings. The molecule has 0 radical (unpaired) electrons. The van der Waals surface area contributed by atoms with Crippen LogP contribution >= 0.6 is 0 Å². The van der Waals surface area contributed by atoms with Gasteiger partial charge in [-0.25, -0.2) is 0 Å². The third-order valence-electron chi connectivity index (χ3n) is 14.2. The summed E-state index contributed by atoms with van der Waals surface area (Å²) in [5.41, 5.74) is 18.1. The van der Waals surface area contributed by atoms with Gasteiger partial charge < -0.3 is 9.13 Å². The highest BCUT2D eigenvalue weighted by atomic mass is 15.0. The topological polar surface area (TPSA) is 9.86 Å². The van der Waals surface area contributed by atoms with Gasteiger partial charge in [0, 0.05) is 44.1 Å². The summed E-state index contributed by atoms with van der Waals surface area (Å²) in [6.07, 6.45) is 12.6. The molecule has 3 aliphatic carbocycles. The largest absolute Gasteiger partial charge is 0.333 e. The van der Waals surface area contributed by atoms with Crippen molar-refractivity contribution in [1.29, 1.82) is 0 Å². The fourth-order valence-electron chi connectivity index (χ4n) is 11.4. The molecule has 1 atom stereocenters. The highest BCUT2D eigenvalue weighted by Gasteiger charge is 2.25. The molecule has 0 aliphatic heterocycles. The minimum Gasteiger partial charge on any atom is -0.333 e. The van der Waals surface area contributed by atoms with Crippen LogP contribution in [0.1, 0.15) is 30.1 Å². The lowest BCUT2D eigenvalue weighted by atomic mass is 9.95. The van der Waals surface area contributed by atoms with Gasteiger partial charge in [-0.1, -0.05) is 146 Å². The Hall–Kier alpha value is -7.68. The first kappa shape index (κ1) is 34.1. The molecule has 2 nitrogen and oxygen atoms in total. The number of nitrogens with zero attached hydrogens (tertiary/aromatic N) is 2. The van der Waals surface area contributed by atoms with Crippen LogP contribution in [0.15, 0.2) is 182 Å². The van der Waals surface area contributed by atoms with Crippen molar-refractivity contribution < 1.29 is 0 Å². The summed E-state index contributed by atoms with van der Waals surface area (Å²) in [6.45, 7) is 0. The van der Waals surface area contributed by atoms with Gasteiger partial charge in [0.15, 0.2) is 0 Å². The Bertz CT molecular complexity index is 3910. The van der Waals surface area contributed by atoms with Gasteiger partial charge in [0.25, 0.3) is 0 Å². The maximum atomic E-state index is 2.56. The van der Waals surface area contributed by atoms with E-state index < -0.39 is 0 Å². The van der Waals surface area contributed by atoms with Crippen LogP contribution in [0, 0.1) is 0 Å². The lowest BCUT2D eigenvalue weighted by Crippen LogP contribution is -2.29. The summed E-state index contributed by atoms with van der Waals surface area (Å²) in [6, 6.07) is 66.5. The van der Waals surface area contributed by atoms with Crippen LogP contribution in [0.5, 0.6) is 0 Å². The van der Waals surface area contributed by atoms with Crippen molar-refractivity contribution >= 4 is 72.5 Å². The molecule has 2 aromatic heterocycles. The Balaban J connectivity index is 0.871. The van der Waals surface area contributed by atoms with E-state index in [0.29, 0.717) is 0 Å². The molecule has 0 saturated heterocycles. The van der Waals surface area contributed by atoms with Gasteiger partial charge in [-0.3, -0.25) is 0 Å². The number of aromatic nitrogens is 2. The van der Waals surface area contributed by atoms with Crippen LogP contribution in [-0.4, -0.2) is 9.13 Å². The molecule has 9 aromatic carbocycles. The molecule has 2 heterocycles. The summed E-state index contributed by atoms with van der Waals surface area (Å²) < 4.78 is 5.09. The van der Waals surface area contributed by atoms with Gasteiger partial charge in [-0.15, -0.1) is 0 Å². The second-order valence-corrected chi connectivity index (χ2v) is 17.5. The van der Waals surface area contributed by atoms with Crippen LogP contribution in [-0.2, 0) is 6.42 Å². The van der Waals surface area contributed by atoms with Crippen LogP contribution in [0.4, 0.5) is 0 Å². The molecule has 0 fully saturated rings. The maximum absolute atomic E-state index is 2.56. The van der Waals surface area contributed by atoms with Crippen molar-refractivity contribution in [2.45, 2.75) is 25.3 Å². The highest BCUT2D eigenvalue weighted by molar-refractivity contribution is 6.23. The van der Waals surface area contributed by atoms with Crippen molar-refractivity contribution in [3.8, 4) is 50.2 Å². The van der Waals surface area contributed by atoms with Gasteiger partial charge in [0.05, 0.1) is 11.6 Å². The first-order valence-corrected chi connectivity index (χ1v) is 22.1. The van der Waals surface area contributed by atoms with E-state index in [1.54, 1.807) is 0 Å². The predicted molar refractivity (Wildman–Crippen MR) is 262 cm³/mol. The van der Waals surface area contributed by atoms with Crippen LogP contribution in [0.2, 0.25) is 0 Å². The SMILES string of the molecule is C1=Cc2c(n(-c3cccc(-c4ccc5c(c4)-c4cc6ccccc6c6cccc-5c46)c3)c3ccc(-c4ccc5c(c4)c4ccccc4n5C4C=c5ccccc5=CC4)cc23)CC1. The van der Waals surface area contributed by atoms with Crippen molar-refractivity contribution in [1.82, 2.24) is 9.13 Å². The molecule has 2 heteroatoms. The second kappa shape index (κ2) is 12.9. The summed E-state index contributed by atoms with van der Waals surface area (Å²) in [4.78, 5) is 0. The first-order valence-electron chi connectivity index (χ1n) is 22.1. The van der Waals surface area contributed by atoms with Crippen molar-refractivity contribution in [2.24, 2.45) is 0 Å². The summed E-state index contributed by atoms with van der Waals surface area (Å²) >= 11 is 0. The third kappa shape index (κ3) is 4.86. The van der Waals surface area contributed by atoms with E-state index in [9.17, 15) is 0 Å². The van der Waals surface area contributed by atoms with E-state index in [2.05, 4.69) is 209 Å². The Morgan fingerprint density at radius 3 is 2.11 bits per heavy atom.